The number of hydrogen-bond donors (Lipinski definition) is 3. The van der Waals surface area contributed by atoms with Crippen LogP contribution in [0.15, 0.2) is 29.4 Å². The van der Waals surface area contributed by atoms with Gasteiger partial charge >= 0.3 is 0 Å². The number of benzene rings is 1. The fraction of sp³-hybridized carbons (Fsp3) is 0.438. The third kappa shape index (κ3) is 4.64. The van der Waals surface area contributed by atoms with Crippen LogP contribution in [0.25, 0.3) is 10.9 Å². The van der Waals surface area contributed by atoms with Gasteiger partial charge in [0.1, 0.15) is 0 Å². The van der Waals surface area contributed by atoms with Crippen LogP contribution in [0.2, 0.25) is 5.02 Å². The van der Waals surface area contributed by atoms with Crippen molar-refractivity contribution in [3.05, 3.63) is 35.0 Å². The molecule has 22 heavy (non-hydrogen) atoms. The first kappa shape index (κ1) is 16.6. The van der Waals surface area contributed by atoms with Crippen LogP contribution in [0.4, 0.5) is 0 Å². The normalized spacial score (nSPS) is 11.9. The Morgan fingerprint density at radius 1 is 1.32 bits per heavy atom. The average molecular weight is 323 g/mol. The molecule has 1 heterocycles. The molecule has 2 rings (SSSR count). The van der Waals surface area contributed by atoms with E-state index in [1.165, 1.54) is 10.9 Å². The van der Waals surface area contributed by atoms with Crippen LogP contribution >= 0.6 is 11.6 Å². The van der Waals surface area contributed by atoms with Gasteiger partial charge in [0.05, 0.1) is 0 Å². The second-order valence-electron chi connectivity index (χ2n) is 5.03. The lowest BCUT2D eigenvalue weighted by molar-refractivity contribution is 0.195. The topological polar surface area (TPSA) is 61.4 Å². The molecule has 0 aliphatic rings. The molecule has 1 aromatic carbocycles. The molecule has 0 spiro atoms. The molecule has 120 valence electrons. The quantitative estimate of drug-likeness (QED) is 0.417. The first-order chi connectivity index (χ1) is 10.7. The zero-order valence-corrected chi connectivity index (χ0v) is 13.8. The molecule has 0 bridgehead atoms. The molecular weight excluding hydrogens is 300 g/mol. The summed E-state index contributed by atoms with van der Waals surface area (Å²) < 4.78 is 5.02. The van der Waals surface area contributed by atoms with Crippen LogP contribution in [0.3, 0.4) is 0 Å². The third-order valence-corrected chi connectivity index (χ3v) is 3.69. The second-order valence-corrected chi connectivity index (χ2v) is 5.46. The van der Waals surface area contributed by atoms with E-state index < -0.39 is 0 Å². The third-order valence-electron chi connectivity index (χ3n) is 3.46. The number of rotatable bonds is 7. The second kappa shape index (κ2) is 8.66. The lowest BCUT2D eigenvalue weighted by Crippen LogP contribution is -2.38. The van der Waals surface area contributed by atoms with Gasteiger partial charge < -0.3 is 20.4 Å². The Hall–Kier alpha value is -1.72. The van der Waals surface area contributed by atoms with Crippen LogP contribution in [0.5, 0.6) is 0 Å². The van der Waals surface area contributed by atoms with E-state index in [9.17, 15) is 0 Å². The van der Waals surface area contributed by atoms with Crippen LogP contribution in [0, 0.1) is 0 Å². The van der Waals surface area contributed by atoms with Gasteiger partial charge in [-0.15, -0.1) is 0 Å². The summed E-state index contributed by atoms with van der Waals surface area (Å²) in [5.41, 5.74) is 2.36. The van der Waals surface area contributed by atoms with Crippen LogP contribution in [0.1, 0.15) is 12.0 Å². The van der Waals surface area contributed by atoms with Gasteiger partial charge in [-0.3, -0.25) is 4.99 Å². The van der Waals surface area contributed by atoms with Crippen molar-refractivity contribution in [2.75, 3.05) is 33.9 Å². The number of guanidine groups is 1. The van der Waals surface area contributed by atoms with E-state index in [4.69, 9.17) is 16.3 Å². The number of ether oxygens (including phenoxy) is 1. The molecule has 0 aliphatic heterocycles. The van der Waals surface area contributed by atoms with E-state index in [0.717, 1.165) is 49.0 Å². The molecule has 0 saturated carbocycles. The van der Waals surface area contributed by atoms with E-state index in [0.29, 0.717) is 0 Å². The molecule has 1 aromatic heterocycles. The summed E-state index contributed by atoms with van der Waals surface area (Å²) in [6, 6.07) is 5.90. The van der Waals surface area contributed by atoms with Crippen LogP contribution in [-0.4, -0.2) is 44.8 Å². The lowest BCUT2D eigenvalue weighted by Gasteiger charge is -2.11. The SMILES string of the molecule is CN=C(NCCCOC)NCCc1c[nH]c2ccc(Cl)cc12. The number of nitrogens with zero attached hydrogens (tertiary/aromatic N) is 1. The highest BCUT2D eigenvalue weighted by Gasteiger charge is 2.04. The highest BCUT2D eigenvalue weighted by Crippen LogP contribution is 2.22. The maximum Gasteiger partial charge on any atom is 0.190 e. The van der Waals surface area contributed by atoms with E-state index in [2.05, 4.69) is 20.6 Å². The van der Waals surface area contributed by atoms with Gasteiger partial charge in [-0.1, -0.05) is 11.6 Å². The number of aliphatic imine (C=N–C) groups is 1. The average Bonchev–Trinajstić information content (AvgIpc) is 2.92. The number of H-pyrrole nitrogens is 1. The van der Waals surface area contributed by atoms with Gasteiger partial charge in [0, 0.05) is 56.0 Å². The Balaban J connectivity index is 1.82. The van der Waals surface area contributed by atoms with Crippen molar-refractivity contribution >= 4 is 28.5 Å². The van der Waals surface area contributed by atoms with Gasteiger partial charge in [-0.05, 0) is 36.6 Å². The zero-order chi connectivity index (χ0) is 15.8. The highest BCUT2D eigenvalue weighted by atomic mass is 35.5. The van der Waals surface area contributed by atoms with Crippen molar-refractivity contribution < 1.29 is 4.74 Å². The minimum absolute atomic E-state index is 0.750. The lowest BCUT2D eigenvalue weighted by atomic mass is 10.1. The van der Waals surface area contributed by atoms with Crippen molar-refractivity contribution in [2.24, 2.45) is 4.99 Å². The fourth-order valence-corrected chi connectivity index (χ4v) is 2.49. The minimum Gasteiger partial charge on any atom is -0.385 e. The molecule has 0 fully saturated rings. The maximum absolute atomic E-state index is 6.07. The summed E-state index contributed by atoms with van der Waals surface area (Å²) in [4.78, 5) is 7.48. The van der Waals surface area contributed by atoms with Crippen molar-refractivity contribution in [1.82, 2.24) is 15.6 Å². The molecule has 5 nitrogen and oxygen atoms in total. The molecule has 2 aromatic rings. The van der Waals surface area contributed by atoms with E-state index in [1.807, 2.05) is 24.4 Å². The molecule has 6 heteroatoms. The van der Waals surface area contributed by atoms with Gasteiger partial charge in [-0.2, -0.15) is 0 Å². The predicted molar refractivity (Wildman–Crippen MR) is 92.9 cm³/mol. The zero-order valence-electron chi connectivity index (χ0n) is 13.1. The van der Waals surface area contributed by atoms with Crippen molar-refractivity contribution in [3.63, 3.8) is 0 Å². The number of halogens is 1. The number of fused-ring (bicyclic) bond motifs is 1. The van der Waals surface area contributed by atoms with Crippen molar-refractivity contribution in [2.45, 2.75) is 12.8 Å². The smallest absolute Gasteiger partial charge is 0.190 e. The monoisotopic (exact) mass is 322 g/mol. The van der Waals surface area contributed by atoms with Gasteiger partial charge in [-0.25, -0.2) is 0 Å². The highest BCUT2D eigenvalue weighted by molar-refractivity contribution is 6.31. The summed E-state index contributed by atoms with van der Waals surface area (Å²) in [6.45, 7) is 2.40. The predicted octanol–water partition coefficient (Wildman–Crippen LogP) is 2.57. The number of nitrogens with one attached hydrogen (secondary N) is 3. The van der Waals surface area contributed by atoms with Crippen molar-refractivity contribution in [1.29, 1.82) is 0 Å². The molecule has 0 atom stereocenters. The standard InChI is InChI=1S/C16H23ClN4O/c1-18-16(19-7-3-9-22-2)20-8-6-12-11-21-15-5-4-13(17)10-14(12)15/h4-5,10-11,21H,3,6-9H2,1-2H3,(H2,18,19,20). The first-order valence-corrected chi connectivity index (χ1v) is 7.81. The Labute approximate surface area is 136 Å². The van der Waals surface area contributed by atoms with Gasteiger partial charge in [0.15, 0.2) is 5.96 Å². The Morgan fingerprint density at radius 2 is 2.14 bits per heavy atom. The van der Waals surface area contributed by atoms with Gasteiger partial charge in [0.25, 0.3) is 0 Å². The number of aromatic amines is 1. The summed E-state index contributed by atoms with van der Waals surface area (Å²) in [7, 11) is 3.48. The van der Waals surface area contributed by atoms with E-state index in [-0.39, 0.29) is 0 Å². The number of aromatic nitrogens is 1. The number of methoxy groups -OCH3 is 1. The number of hydrogen-bond acceptors (Lipinski definition) is 2. The molecule has 3 N–H and O–H groups in total. The Morgan fingerprint density at radius 3 is 2.91 bits per heavy atom. The molecule has 0 amide bonds. The first-order valence-electron chi connectivity index (χ1n) is 7.43. The summed E-state index contributed by atoms with van der Waals surface area (Å²) in [5, 5.41) is 8.51. The Kier molecular flexibility index (Phi) is 6.55. The van der Waals surface area contributed by atoms with Crippen LogP contribution < -0.4 is 10.6 Å². The molecule has 0 saturated heterocycles. The van der Waals surface area contributed by atoms with Crippen LogP contribution in [-0.2, 0) is 11.2 Å². The van der Waals surface area contributed by atoms with Crippen molar-refractivity contribution in [3.8, 4) is 0 Å². The molecule has 0 radical (unpaired) electrons. The maximum atomic E-state index is 6.07. The Bertz CT molecular complexity index is 624. The molecular formula is C16H23ClN4O. The molecule has 0 unspecified atom stereocenters. The summed E-state index contributed by atoms with van der Waals surface area (Å²) in [5.74, 6) is 0.814. The molecule has 0 aliphatic carbocycles. The van der Waals surface area contributed by atoms with Gasteiger partial charge in [0.2, 0.25) is 0 Å². The summed E-state index contributed by atoms with van der Waals surface area (Å²) >= 11 is 6.07. The minimum atomic E-state index is 0.750. The van der Waals surface area contributed by atoms with E-state index >= 15 is 0 Å². The largest absolute Gasteiger partial charge is 0.385 e. The fourth-order valence-electron chi connectivity index (χ4n) is 2.32. The van der Waals surface area contributed by atoms with E-state index in [1.54, 1.807) is 14.2 Å². The summed E-state index contributed by atoms with van der Waals surface area (Å²) in [6.07, 6.45) is 3.90.